The minimum atomic E-state index is -0.361. The summed E-state index contributed by atoms with van der Waals surface area (Å²) in [5, 5.41) is 10.7. The van der Waals surface area contributed by atoms with Crippen molar-refractivity contribution in [3.05, 3.63) is 39.9 Å². The maximum Gasteiger partial charge on any atom is 0.269 e. The summed E-state index contributed by atoms with van der Waals surface area (Å²) in [6.07, 6.45) is 2.32. The molecule has 1 aliphatic heterocycles. The number of benzene rings is 1. The minimum Gasteiger partial charge on any atom is -0.329 e. The van der Waals surface area contributed by atoms with Crippen LogP contribution in [-0.2, 0) is 0 Å². The summed E-state index contributed by atoms with van der Waals surface area (Å²) in [6, 6.07) is 7.52. The Morgan fingerprint density at radius 1 is 1.45 bits per heavy atom. The van der Waals surface area contributed by atoms with E-state index in [2.05, 4.69) is 18.7 Å². The first-order valence-corrected chi connectivity index (χ1v) is 7.23. The third-order valence-corrected chi connectivity index (χ3v) is 4.38. The minimum absolute atomic E-state index is 0.142. The molecule has 0 spiro atoms. The number of piperidine rings is 1. The Morgan fingerprint density at radius 3 is 2.65 bits per heavy atom. The van der Waals surface area contributed by atoms with Crippen molar-refractivity contribution < 1.29 is 4.92 Å². The van der Waals surface area contributed by atoms with Gasteiger partial charge in [-0.1, -0.05) is 19.1 Å². The SMILES string of the molecule is CC1CCN(C(C)c2ccc([N+](=O)[O-])cc2)C(CN)C1. The van der Waals surface area contributed by atoms with E-state index in [0.29, 0.717) is 12.6 Å². The Hall–Kier alpha value is -1.46. The molecule has 0 saturated carbocycles. The highest BCUT2D eigenvalue weighted by Crippen LogP contribution is 2.31. The molecule has 0 aliphatic carbocycles. The van der Waals surface area contributed by atoms with Gasteiger partial charge in [0, 0.05) is 30.8 Å². The average Bonchev–Trinajstić information content (AvgIpc) is 2.46. The molecule has 5 nitrogen and oxygen atoms in total. The summed E-state index contributed by atoms with van der Waals surface area (Å²) in [6.45, 7) is 6.14. The molecule has 0 aromatic heterocycles. The van der Waals surface area contributed by atoms with Crippen LogP contribution in [0.1, 0.15) is 38.3 Å². The van der Waals surface area contributed by atoms with Gasteiger partial charge in [-0.25, -0.2) is 0 Å². The van der Waals surface area contributed by atoms with Gasteiger partial charge in [-0.3, -0.25) is 15.0 Å². The molecule has 1 fully saturated rings. The Kier molecular flexibility index (Phi) is 4.73. The first-order chi connectivity index (χ1) is 9.52. The fourth-order valence-corrected chi connectivity index (χ4v) is 3.08. The highest BCUT2D eigenvalue weighted by Gasteiger charge is 2.29. The number of hydrogen-bond acceptors (Lipinski definition) is 4. The monoisotopic (exact) mass is 277 g/mol. The van der Waals surface area contributed by atoms with Crippen LogP contribution >= 0.6 is 0 Å². The number of hydrogen-bond donors (Lipinski definition) is 1. The maximum absolute atomic E-state index is 10.7. The zero-order valence-corrected chi connectivity index (χ0v) is 12.2. The molecule has 3 atom stereocenters. The van der Waals surface area contributed by atoms with Gasteiger partial charge in [0.25, 0.3) is 5.69 Å². The van der Waals surface area contributed by atoms with Crippen molar-refractivity contribution in [2.75, 3.05) is 13.1 Å². The van der Waals surface area contributed by atoms with E-state index < -0.39 is 0 Å². The highest BCUT2D eigenvalue weighted by atomic mass is 16.6. The van der Waals surface area contributed by atoms with Gasteiger partial charge in [0.05, 0.1) is 4.92 Å². The van der Waals surface area contributed by atoms with E-state index in [1.807, 2.05) is 12.1 Å². The lowest BCUT2D eigenvalue weighted by Gasteiger charge is -2.41. The second kappa shape index (κ2) is 6.33. The van der Waals surface area contributed by atoms with E-state index in [-0.39, 0.29) is 16.7 Å². The van der Waals surface area contributed by atoms with Gasteiger partial charge in [0.15, 0.2) is 0 Å². The van der Waals surface area contributed by atoms with E-state index in [1.165, 1.54) is 6.42 Å². The molecule has 1 aliphatic rings. The van der Waals surface area contributed by atoms with Crippen LogP contribution in [0.25, 0.3) is 0 Å². The first kappa shape index (κ1) is 14.9. The second-order valence-corrected chi connectivity index (χ2v) is 5.78. The molecule has 1 aromatic rings. The first-order valence-electron chi connectivity index (χ1n) is 7.23. The Labute approximate surface area is 119 Å². The number of likely N-dealkylation sites (tertiary alicyclic amines) is 1. The number of nitro groups is 1. The van der Waals surface area contributed by atoms with Crippen LogP contribution in [-0.4, -0.2) is 29.0 Å². The number of nitrogens with two attached hydrogens (primary N) is 1. The lowest BCUT2D eigenvalue weighted by molar-refractivity contribution is -0.384. The van der Waals surface area contributed by atoms with Crippen molar-refractivity contribution in [1.82, 2.24) is 4.90 Å². The number of non-ortho nitro benzene ring substituents is 1. The largest absolute Gasteiger partial charge is 0.329 e. The van der Waals surface area contributed by atoms with Crippen molar-refractivity contribution >= 4 is 5.69 Å². The predicted molar refractivity (Wildman–Crippen MR) is 79.5 cm³/mol. The topological polar surface area (TPSA) is 72.4 Å². The van der Waals surface area contributed by atoms with E-state index in [9.17, 15) is 10.1 Å². The lowest BCUT2D eigenvalue weighted by atomic mass is 9.90. The smallest absolute Gasteiger partial charge is 0.269 e. The van der Waals surface area contributed by atoms with Gasteiger partial charge < -0.3 is 5.73 Å². The van der Waals surface area contributed by atoms with E-state index in [0.717, 1.165) is 24.4 Å². The molecule has 0 bridgehead atoms. The van der Waals surface area contributed by atoms with Crippen LogP contribution in [0.3, 0.4) is 0 Å². The predicted octanol–water partition coefficient (Wildman–Crippen LogP) is 2.71. The zero-order chi connectivity index (χ0) is 14.7. The summed E-state index contributed by atoms with van der Waals surface area (Å²) in [4.78, 5) is 12.8. The summed E-state index contributed by atoms with van der Waals surface area (Å²) >= 11 is 0. The third-order valence-electron chi connectivity index (χ3n) is 4.38. The number of nitrogens with zero attached hydrogens (tertiary/aromatic N) is 2. The Bertz CT molecular complexity index is 461. The molecular weight excluding hydrogens is 254 g/mol. The van der Waals surface area contributed by atoms with Crippen molar-refractivity contribution in [2.45, 2.75) is 38.8 Å². The van der Waals surface area contributed by atoms with Crippen molar-refractivity contribution in [3.63, 3.8) is 0 Å². The summed E-state index contributed by atoms with van der Waals surface area (Å²) in [5.41, 5.74) is 7.16. The number of nitro benzene ring substituents is 1. The normalized spacial score (nSPS) is 25.4. The van der Waals surface area contributed by atoms with Crippen molar-refractivity contribution in [3.8, 4) is 0 Å². The quantitative estimate of drug-likeness (QED) is 0.678. The lowest BCUT2D eigenvalue weighted by Crippen LogP contribution is -2.47. The summed E-state index contributed by atoms with van der Waals surface area (Å²) in [7, 11) is 0. The molecule has 1 aromatic carbocycles. The van der Waals surface area contributed by atoms with Crippen LogP contribution in [0.5, 0.6) is 0 Å². The van der Waals surface area contributed by atoms with Gasteiger partial charge in [0.2, 0.25) is 0 Å². The van der Waals surface area contributed by atoms with E-state index >= 15 is 0 Å². The number of rotatable bonds is 4. The molecule has 110 valence electrons. The standard InChI is InChI=1S/C15H23N3O2/c1-11-7-8-17(15(9-11)10-16)12(2)13-3-5-14(6-4-13)18(19)20/h3-6,11-12,15H,7-10,16H2,1-2H3. The van der Waals surface area contributed by atoms with Gasteiger partial charge in [-0.2, -0.15) is 0 Å². The van der Waals surface area contributed by atoms with Crippen molar-refractivity contribution in [2.24, 2.45) is 11.7 Å². The average molecular weight is 277 g/mol. The Morgan fingerprint density at radius 2 is 2.10 bits per heavy atom. The third kappa shape index (κ3) is 3.16. The zero-order valence-electron chi connectivity index (χ0n) is 12.2. The fraction of sp³-hybridized carbons (Fsp3) is 0.600. The molecule has 1 saturated heterocycles. The molecule has 20 heavy (non-hydrogen) atoms. The van der Waals surface area contributed by atoms with Crippen LogP contribution in [0.2, 0.25) is 0 Å². The molecular formula is C15H23N3O2. The van der Waals surface area contributed by atoms with E-state index in [1.54, 1.807) is 12.1 Å². The summed E-state index contributed by atoms with van der Waals surface area (Å²) in [5.74, 6) is 0.726. The van der Waals surface area contributed by atoms with Crippen LogP contribution in [0, 0.1) is 16.0 Å². The fourth-order valence-electron chi connectivity index (χ4n) is 3.08. The van der Waals surface area contributed by atoms with Gasteiger partial charge in [0.1, 0.15) is 0 Å². The van der Waals surface area contributed by atoms with Crippen LogP contribution < -0.4 is 5.73 Å². The van der Waals surface area contributed by atoms with Gasteiger partial charge in [-0.15, -0.1) is 0 Å². The molecule has 3 unspecified atom stereocenters. The molecule has 2 N–H and O–H groups in total. The van der Waals surface area contributed by atoms with Crippen LogP contribution in [0.15, 0.2) is 24.3 Å². The Balaban J connectivity index is 2.13. The molecule has 0 amide bonds. The van der Waals surface area contributed by atoms with E-state index in [4.69, 9.17) is 5.73 Å². The van der Waals surface area contributed by atoms with Gasteiger partial charge in [-0.05, 0) is 37.8 Å². The van der Waals surface area contributed by atoms with Crippen LogP contribution in [0.4, 0.5) is 5.69 Å². The molecule has 0 radical (unpaired) electrons. The highest BCUT2D eigenvalue weighted by molar-refractivity contribution is 5.34. The molecule has 1 heterocycles. The second-order valence-electron chi connectivity index (χ2n) is 5.78. The maximum atomic E-state index is 10.7. The molecule has 5 heteroatoms. The van der Waals surface area contributed by atoms with Crippen molar-refractivity contribution in [1.29, 1.82) is 0 Å². The summed E-state index contributed by atoms with van der Waals surface area (Å²) < 4.78 is 0. The van der Waals surface area contributed by atoms with Gasteiger partial charge >= 0.3 is 0 Å². The molecule has 2 rings (SSSR count).